The highest BCUT2D eigenvalue weighted by atomic mass is 14.5. The monoisotopic (exact) mass is 522 g/mol. The van der Waals surface area contributed by atoms with Gasteiger partial charge in [-0.05, 0) is 18.9 Å². The molecule has 0 aliphatic heterocycles. The zero-order chi connectivity index (χ0) is 26.9. The van der Waals surface area contributed by atoms with Gasteiger partial charge < -0.3 is 5.73 Å². The van der Waals surface area contributed by atoms with E-state index in [0.717, 1.165) is 12.5 Å². The van der Waals surface area contributed by atoms with Gasteiger partial charge in [-0.15, -0.1) is 0 Å². The maximum Gasteiger partial charge on any atom is -0.00773 e. The Morgan fingerprint density at radius 3 is 0.757 bits per heavy atom. The average Bonchev–Trinajstić information content (AvgIpc) is 2.91. The first-order valence-electron chi connectivity index (χ1n) is 18.0. The number of rotatable bonds is 33. The zero-order valence-electron chi connectivity index (χ0n) is 26.5. The van der Waals surface area contributed by atoms with Gasteiger partial charge in [0.05, 0.1) is 0 Å². The van der Waals surface area contributed by atoms with Crippen molar-refractivity contribution in [3.63, 3.8) is 0 Å². The molecular weight excluding hydrogens is 446 g/mol. The Kier molecular flexibility index (Phi) is 34.0. The summed E-state index contributed by atoms with van der Waals surface area (Å²) in [5.74, 6) is 1.02. The summed E-state index contributed by atoms with van der Waals surface area (Å²) in [5.41, 5.74) is 5.62. The van der Waals surface area contributed by atoms with Gasteiger partial charge in [0.1, 0.15) is 0 Å². The minimum Gasteiger partial charge on any atom is -0.330 e. The number of hydrogen-bond acceptors (Lipinski definition) is 1. The van der Waals surface area contributed by atoms with Crippen molar-refractivity contribution >= 4 is 0 Å². The van der Waals surface area contributed by atoms with Crippen molar-refractivity contribution in [2.24, 2.45) is 11.7 Å². The molecule has 0 rings (SSSR count). The molecule has 0 bridgehead atoms. The third-order valence-electron chi connectivity index (χ3n) is 8.75. The van der Waals surface area contributed by atoms with Crippen molar-refractivity contribution < 1.29 is 0 Å². The summed E-state index contributed by atoms with van der Waals surface area (Å²) in [6.45, 7) is 5.51. The predicted molar refractivity (Wildman–Crippen MR) is 172 cm³/mol. The van der Waals surface area contributed by atoms with Crippen LogP contribution in [0.3, 0.4) is 0 Å². The first-order chi connectivity index (χ1) is 18.3. The summed E-state index contributed by atoms with van der Waals surface area (Å²) < 4.78 is 0. The molecule has 0 spiro atoms. The molecule has 0 amide bonds. The Morgan fingerprint density at radius 1 is 0.297 bits per heavy atom. The van der Waals surface area contributed by atoms with Gasteiger partial charge in [0.2, 0.25) is 0 Å². The quantitative estimate of drug-likeness (QED) is 0.0853. The van der Waals surface area contributed by atoms with Crippen LogP contribution in [0.2, 0.25) is 0 Å². The Morgan fingerprint density at radius 2 is 0.514 bits per heavy atom. The molecule has 0 saturated carbocycles. The van der Waals surface area contributed by atoms with Gasteiger partial charge in [-0.1, -0.05) is 213 Å². The lowest BCUT2D eigenvalue weighted by Crippen LogP contribution is -2.02. The molecule has 0 aromatic rings. The van der Waals surface area contributed by atoms with E-state index < -0.39 is 0 Å². The lowest BCUT2D eigenvalue weighted by atomic mass is 9.89. The van der Waals surface area contributed by atoms with Crippen molar-refractivity contribution in [1.29, 1.82) is 0 Å². The van der Waals surface area contributed by atoms with Crippen LogP contribution in [0.1, 0.15) is 219 Å². The molecular formula is C36H75N. The summed E-state index contributed by atoms with van der Waals surface area (Å²) in [5, 5.41) is 0. The molecule has 1 nitrogen and oxygen atoms in total. The molecule has 0 fully saturated rings. The minimum atomic E-state index is 0.874. The Hall–Kier alpha value is -0.0400. The van der Waals surface area contributed by atoms with E-state index in [4.69, 9.17) is 5.73 Å². The van der Waals surface area contributed by atoms with E-state index in [1.165, 1.54) is 205 Å². The van der Waals surface area contributed by atoms with Crippen LogP contribution in [-0.2, 0) is 0 Å². The first-order valence-corrected chi connectivity index (χ1v) is 18.0. The summed E-state index contributed by atoms with van der Waals surface area (Å²) in [6.07, 6.45) is 46.7. The van der Waals surface area contributed by atoms with Gasteiger partial charge in [0, 0.05) is 0 Å². The van der Waals surface area contributed by atoms with Crippen molar-refractivity contribution in [2.75, 3.05) is 6.54 Å². The van der Waals surface area contributed by atoms with E-state index >= 15 is 0 Å². The summed E-state index contributed by atoms with van der Waals surface area (Å²) in [4.78, 5) is 0. The molecule has 37 heavy (non-hydrogen) atoms. The summed E-state index contributed by atoms with van der Waals surface area (Å²) in [6, 6.07) is 0. The van der Waals surface area contributed by atoms with Crippen LogP contribution in [0.15, 0.2) is 0 Å². The average molecular weight is 522 g/mol. The van der Waals surface area contributed by atoms with Crippen LogP contribution in [-0.4, -0.2) is 6.54 Å². The van der Waals surface area contributed by atoms with E-state index in [0.29, 0.717) is 0 Å². The van der Waals surface area contributed by atoms with E-state index in [1.807, 2.05) is 0 Å². The molecule has 1 unspecified atom stereocenters. The van der Waals surface area contributed by atoms with Crippen molar-refractivity contribution in [3.8, 4) is 0 Å². The standard InChI is InChI=1S/C36H75N/c1-3-5-7-9-11-12-13-14-15-16-17-18-19-21-25-29-33-36(32-28-24-10-8-6-4-2)34-30-26-22-20-23-27-31-35-37/h36H,3-35,37H2,1-2H3. The van der Waals surface area contributed by atoms with Crippen molar-refractivity contribution in [3.05, 3.63) is 0 Å². The third-order valence-corrected chi connectivity index (χ3v) is 8.75. The number of unbranched alkanes of at least 4 members (excludes halogenated alkanes) is 26. The molecule has 0 aliphatic rings. The second kappa shape index (κ2) is 34.0. The molecule has 0 radical (unpaired) electrons. The summed E-state index contributed by atoms with van der Waals surface area (Å²) in [7, 11) is 0. The fourth-order valence-corrected chi connectivity index (χ4v) is 6.09. The van der Waals surface area contributed by atoms with Gasteiger partial charge in [-0.3, -0.25) is 0 Å². The van der Waals surface area contributed by atoms with Crippen molar-refractivity contribution in [1.82, 2.24) is 0 Å². The number of nitrogens with two attached hydrogens (primary N) is 1. The fraction of sp³-hybridized carbons (Fsp3) is 1.00. The van der Waals surface area contributed by atoms with Crippen LogP contribution in [0, 0.1) is 5.92 Å². The van der Waals surface area contributed by atoms with Crippen LogP contribution >= 0.6 is 0 Å². The number of hydrogen-bond donors (Lipinski definition) is 1. The molecule has 224 valence electrons. The maximum absolute atomic E-state index is 5.62. The SMILES string of the molecule is CCCCCCCCCCCCCCCCCCC(CCCCCCCC)CCCCCCCCCN. The second-order valence-corrected chi connectivity index (χ2v) is 12.6. The first kappa shape index (κ1) is 37.0. The molecule has 0 aliphatic carbocycles. The van der Waals surface area contributed by atoms with E-state index in [-0.39, 0.29) is 0 Å². The molecule has 2 N–H and O–H groups in total. The van der Waals surface area contributed by atoms with Gasteiger partial charge >= 0.3 is 0 Å². The largest absolute Gasteiger partial charge is 0.330 e. The highest BCUT2D eigenvalue weighted by Crippen LogP contribution is 2.25. The van der Waals surface area contributed by atoms with Gasteiger partial charge in [-0.25, -0.2) is 0 Å². The Bertz CT molecular complexity index is 379. The fourth-order valence-electron chi connectivity index (χ4n) is 6.09. The van der Waals surface area contributed by atoms with E-state index in [9.17, 15) is 0 Å². The Labute approximate surface area is 237 Å². The van der Waals surface area contributed by atoms with Gasteiger partial charge in [0.25, 0.3) is 0 Å². The molecule has 0 saturated heterocycles. The topological polar surface area (TPSA) is 26.0 Å². The Balaban J connectivity index is 3.68. The van der Waals surface area contributed by atoms with E-state index in [1.54, 1.807) is 0 Å². The zero-order valence-corrected chi connectivity index (χ0v) is 26.5. The van der Waals surface area contributed by atoms with Crippen LogP contribution in [0.5, 0.6) is 0 Å². The molecule has 0 heterocycles. The van der Waals surface area contributed by atoms with Gasteiger partial charge in [-0.2, -0.15) is 0 Å². The normalized spacial score (nSPS) is 12.4. The highest BCUT2D eigenvalue weighted by molar-refractivity contribution is 4.62. The molecule has 0 aromatic heterocycles. The molecule has 1 heteroatoms. The third kappa shape index (κ3) is 32.1. The smallest absolute Gasteiger partial charge is 0.00773 e. The van der Waals surface area contributed by atoms with Gasteiger partial charge in [0.15, 0.2) is 0 Å². The van der Waals surface area contributed by atoms with Crippen molar-refractivity contribution in [2.45, 2.75) is 219 Å². The maximum atomic E-state index is 5.62. The van der Waals surface area contributed by atoms with Crippen LogP contribution in [0.4, 0.5) is 0 Å². The van der Waals surface area contributed by atoms with Crippen LogP contribution < -0.4 is 5.73 Å². The minimum absolute atomic E-state index is 0.874. The molecule has 1 atom stereocenters. The highest BCUT2D eigenvalue weighted by Gasteiger charge is 2.09. The predicted octanol–water partition coefficient (Wildman–Crippen LogP) is 13.1. The molecule has 0 aromatic carbocycles. The lowest BCUT2D eigenvalue weighted by molar-refractivity contribution is 0.365. The van der Waals surface area contributed by atoms with Crippen LogP contribution in [0.25, 0.3) is 0 Å². The second-order valence-electron chi connectivity index (χ2n) is 12.6. The summed E-state index contributed by atoms with van der Waals surface area (Å²) >= 11 is 0. The van der Waals surface area contributed by atoms with E-state index in [2.05, 4.69) is 13.8 Å². The lowest BCUT2D eigenvalue weighted by Gasteiger charge is -2.17.